The third-order valence-electron chi connectivity index (χ3n) is 4.19. The van der Waals surface area contributed by atoms with E-state index in [0.29, 0.717) is 0 Å². The molecule has 1 aliphatic heterocycles. The third kappa shape index (κ3) is 3.55. The average molecular weight is 294 g/mol. The van der Waals surface area contributed by atoms with Crippen LogP contribution < -0.4 is 5.32 Å². The zero-order chi connectivity index (χ0) is 15.4. The molecule has 0 aromatic heterocycles. The van der Waals surface area contributed by atoms with E-state index in [1.807, 2.05) is 42.5 Å². The maximum atomic E-state index is 12.5. The molecular weight excluding hydrogens is 272 g/mol. The Hall–Kier alpha value is -2.13. The first-order valence-corrected chi connectivity index (χ1v) is 7.87. The number of hydrogen-bond acceptors (Lipinski definition) is 2. The van der Waals surface area contributed by atoms with Crippen molar-refractivity contribution in [2.75, 3.05) is 20.1 Å². The zero-order valence-corrected chi connectivity index (χ0v) is 13.0. The quantitative estimate of drug-likeness (QED) is 0.943. The molecule has 22 heavy (non-hydrogen) atoms. The topological polar surface area (TPSA) is 32.3 Å². The molecule has 114 valence electrons. The maximum Gasteiger partial charge on any atom is 0.251 e. The van der Waals surface area contributed by atoms with Gasteiger partial charge in [-0.15, -0.1) is 0 Å². The second kappa shape index (κ2) is 6.75. The molecule has 0 aliphatic carbocycles. The number of piperidine rings is 1. The summed E-state index contributed by atoms with van der Waals surface area (Å²) in [5.41, 5.74) is 2.94. The largest absolute Gasteiger partial charge is 0.348 e. The fraction of sp³-hybridized carbons (Fsp3) is 0.316. The van der Waals surface area contributed by atoms with Crippen LogP contribution in [0.4, 0.5) is 0 Å². The lowest BCUT2D eigenvalue weighted by atomic mass is 10.0. The van der Waals surface area contributed by atoms with Crippen LogP contribution in [-0.4, -0.2) is 37.0 Å². The summed E-state index contributed by atoms with van der Waals surface area (Å²) in [6.07, 6.45) is 2.21. The van der Waals surface area contributed by atoms with Crippen molar-refractivity contribution in [2.24, 2.45) is 0 Å². The number of amides is 1. The number of benzene rings is 2. The van der Waals surface area contributed by atoms with E-state index >= 15 is 0 Å². The molecule has 0 spiro atoms. The first kappa shape index (κ1) is 14.8. The van der Waals surface area contributed by atoms with Crippen LogP contribution in [-0.2, 0) is 0 Å². The van der Waals surface area contributed by atoms with Crippen molar-refractivity contribution in [2.45, 2.75) is 18.9 Å². The van der Waals surface area contributed by atoms with Gasteiger partial charge in [0.05, 0.1) is 0 Å². The number of likely N-dealkylation sites (tertiary alicyclic amines) is 1. The minimum Gasteiger partial charge on any atom is -0.348 e. The Kier molecular flexibility index (Phi) is 4.54. The molecule has 1 atom stereocenters. The molecule has 3 heteroatoms. The van der Waals surface area contributed by atoms with Gasteiger partial charge in [-0.3, -0.25) is 4.79 Å². The zero-order valence-electron chi connectivity index (χ0n) is 13.0. The van der Waals surface area contributed by atoms with E-state index in [1.165, 1.54) is 0 Å². The second-order valence-corrected chi connectivity index (χ2v) is 6.02. The lowest BCUT2D eigenvalue weighted by molar-refractivity contribution is 0.0912. The molecule has 2 aromatic carbocycles. The highest BCUT2D eigenvalue weighted by Gasteiger charge is 2.19. The molecule has 3 rings (SSSR count). The lowest BCUT2D eigenvalue weighted by Gasteiger charge is -2.30. The Morgan fingerprint density at radius 3 is 2.64 bits per heavy atom. The molecule has 0 radical (unpaired) electrons. The minimum absolute atomic E-state index is 0.0260. The predicted molar refractivity (Wildman–Crippen MR) is 89.9 cm³/mol. The lowest BCUT2D eigenvalue weighted by Crippen LogP contribution is -2.46. The number of rotatable bonds is 3. The molecule has 0 saturated carbocycles. The number of nitrogens with zero attached hydrogens (tertiary/aromatic N) is 1. The van der Waals surface area contributed by atoms with Gasteiger partial charge >= 0.3 is 0 Å². The van der Waals surface area contributed by atoms with Gasteiger partial charge in [-0.1, -0.05) is 42.5 Å². The van der Waals surface area contributed by atoms with Gasteiger partial charge in [0.1, 0.15) is 0 Å². The Labute approximate surface area is 132 Å². The van der Waals surface area contributed by atoms with Crippen molar-refractivity contribution in [1.82, 2.24) is 10.2 Å². The van der Waals surface area contributed by atoms with E-state index in [-0.39, 0.29) is 11.9 Å². The van der Waals surface area contributed by atoms with E-state index < -0.39 is 0 Å². The summed E-state index contributed by atoms with van der Waals surface area (Å²) in [4.78, 5) is 14.7. The summed E-state index contributed by atoms with van der Waals surface area (Å²) in [5.74, 6) is 0.0260. The van der Waals surface area contributed by atoms with Crippen molar-refractivity contribution in [3.63, 3.8) is 0 Å². The summed E-state index contributed by atoms with van der Waals surface area (Å²) >= 11 is 0. The molecule has 1 N–H and O–H groups in total. The number of likely N-dealkylation sites (N-methyl/N-ethyl adjacent to an activating group) is 1. The van der Waals surface area contributed by atoms with Gasteiger partial charge in [0.15, 0.2) is 0 Å². The highest BCUT2D eigenvalue weighted by atomic mass is 16.1. The summed E-state index contributed by atoms with van der Waals surface area (Å²) in [5, 5.41) is 3.16. The average Bonchev–Trinajstić information content (AvgIpc) is 2.56. The van der Waals surface area contributed by atoms with Crippen molar-refractivity contribution in [1.29, 1.82) is 0 Å². The van der Waals surface area contributed by atoms with Crippen LogP contribution in [0.2, 0.25) is 0 Å². The Morgan fingerprint density at radius 1 is 1.09 bits per heavy atom. The van der Waals surface area contributed by atoms with Crippen LogP contribution in [0.15, 0.2) is 54.6 Å². The van der Waals surface area contributed by atoms with E-state index in [9.17, 15) is 4.79 Å². The Morgan fingerprint density at radius 2 is 1.86 bits per heavy atom. The summed E-state index contributed by atoms with van der Waals surface area (Å²) in [7, 11) is 2.11. The van der Waals surface area contributed by atoms with Crippen molar-refractivity contribution in [3.05, 3.63) is 60.2 Å². The van der Waals surface area contributed by atoms with Gasteiger partial charge in [-0.05, 0) is 49.7 Å². The number of carbonyl (C=O) groups is 1. The molecular formula is C19H22N2O. The molecule has 1 heterocycles. The highest BCUT2D eigenvalue weighted by molar-refractivity contribution is 5.95. The Balaban J connectivity index is 1.73. The van der Waals surface area contributed by atoms with Crippen LogP contribution in [0, 0.1) is 0 Å². The molecule has 1 amide bonds. The second-order valence-electron chi connectivity index (χ2n) is 6.02. The number of nitrogens with one attached hydrogen (secondary N) is 1. The van der Waals surface area contributed by atoms with Crippen molar-refractivity contribution in [3.8, 4) is 11.1 Å². The molecule has 1 saturated heterocycles. The van der Waals surface area contributed by atoms with Crippen LogP contribution in [0.1, 0.15) is 23.2 Å². The molecule has 1 fully saturated rings. The monoisotopic (exact) mass is 294 g/mol. The van der Waals surface area contributed by atoms with Crippen LogP contribution in [0.3, 0.4) is 0 Å². The van der Waals surface area contributed by atoms with Crippen LogP contribution >= 0.6 is 0 Å². The van der Waals surface area contributed by atoms with E-state index in [4.69, 9.17) is 0 Å². The predicted octanol–water partition coefficient (Wildman–Crippen LogP) is 3.18. The molecule has 1 unspecified atom stereocenters. The van der Waals surface area contributed by atoms with Gasteiger partial charge in [0.25, 0.3) is 5.91 Å². The third-order valence-corrected chi connectivity index (χ3v) is 4.19. The van der Waals surface area contributed by atoms with Gasteiger partial charge in [0.2, 0.25) is 0 Å². The van der Waals surface area contributed by atoms with Crippen LogP contribution in [0.5, 0.6) is 0 Å². The van der Waals surface area contributed by atoms with E-state index in [1.54, 1.807) is 0 Å². The maximum absolute atomic E-state index is 12.5. The SMILES string of the molecule is CN1CCCC(NC(=O)c2cccc(-c3ccccc3)c2)C1. The van der Waals surface area contributed by atoms with E-state index in [2.05, 4.69) is 29.4 Å². The number of hydrogen-bond donors (Lipinski definition) is 1. The number of carbonyl (C=O) groups excluding carboxylic acids is 1. The minimum atomic E-state index is 0.0260. The first-order chi connectivity index (χ1) is 10.7. The highest BCUT2D eigenvalue weighted by Crippen LogP contribution is 2.20. The van der Waals surface area contributed by atoms with Gasteiger partial charge in [0, 0.05) is 18.2 Å². The first-order valence-electron chi connectivity index (χ1n) is 7.87. The van der Waals surface area contributed by atoms with Crippen LogP contribution in [0.25, 0.3) is 11.1 Å². The standard InChI is InChI=1S/C19H22N2O/c1-21-12-6-11-18(14-21)20-19(22)17-10-5-9-16(13-17)15-7-3-2-4-8-15/h2-5,7-10,13,18H,6,11-12,14H2,1H3,(H,20,22). The van der Waals surface area contributed by atoms with Gasteiger partial charge in [-0.25, -0.2) is 0 Å². The molecule has 3 nitrogen and oxygen atoms in total. The van der Waals surface area contributed by atoms with Gasteiger partial charge in [-0.2, -0.15) is 0 Å². The normalized spacial score (nSPS) is 18.9. The summed E-state index contributed by atoms with van der Waals surface area (Å²) in [6.45, 7) is 2.06. The summed E-state index contributed by atoms with van der Waals surface area (Å²) < 4.78 is 0. The Bertz CT molecular complexity index is 639. The fourth-order valence-corrected chi connectivity index (χ4v) is 3.02. The summed E-state index contributed by atoms with van der Waals surface area (Å²) in [6, 6.07) is 18.3. The fourth-order valence-electron chi connectivity index (χ4n) is 3.02. The van der Waals surface area contributed by atoms with Crippen molar-refractivity contribution < 1.29 is 4.79 Å². The smallest absolute Gasteiger partial charge is 0.251 e. The molecule has 2 aromatic rings. The molecule has 1 aliphatic rings. The van der Waals surface area contributed by atoms with Gasteiger partial charge < -0.3 is 10.2 Å². The van der Waals surface area contributed by atoms with E-state index in [0.717, 1.165) is 42.6 Å². The molecule has 0 bridgehead atoms. The van der Waals surface area contributed by atoms with Crippen molar-refractivity contribution >= 4 is 5.91 Å².